The van der Waals surface area contributed by atoms with Crippen LogP contribution in [-0.4, -0.2) is 57.5 Å². The SMILES string of the molecule is CN1CCc2nc([C@H]3CCCN(C(=O)c4cc(C5CC5)on4)C3)ncc2C1. The second kappa shape index (κ2) is 6.71. The van der Waals surface area contributed by atoms with Crippen LogP contribution in [0.25, 0.3) is 0 Å². The lowest BCUT2D eigenvalue weighted by atomic mass is 9.96. The lowest BCUT2D eigenvalue weighted by Crippen LogP contribution is -2.40. The monoisotopic (exact) mass is 367 g/mol. The molecular formula is C20H25N5O2. The van der Waals surface area contributed by atoms with Crippen LogP contribution in [0.5, 0.6) is 0 Å². The van der Waals surface area contributed by atoms with Crippen molar-refractivity contribution in [1.82, 2.24) is 24.9 Å². The van der Waals surface area contributed by atoms with Gasteiger partial charge in [-0.15, -0.1) is 0 Å². The molecule has 3 aliphatic rings. The van der Waals surface area contributed by atoms with E-state index in [1.165, 1.54) is 11.3 Å². The first-order chi connectivity index (χ1) is 13.2. The fourth-order valence-corrected chi connectivity index (χ4v) is 4.15. The summed E-state index contributed by atoms with van der Waals surface area (Å²) in [5.74, 6) is 2.37. The van der Waals surface area contributed by atoms with Gasteiger partial charge >= 0.3 is 0 Å². The third-order valence-corrected chi connectivity index (χ3v) is 5.94. The average Bonchev–Trinajstić information content (AvgIpc) is 3.44. The average molecular weight is 367 g/mol. The van der Waals surface area contributed by atoms with Gasteiger partial charge in [0.2, 0.25) is 0 Å². The Balaban J connectivity index is 1.31. The van der Waals surface area contributed by atoms with Crippen molar-refractivity contribution in [2.24, 2.45) is 0 Å². The van der Waals surface area contributed by atoms with Crippen molar-refractivity contribution in [3.05, 3.63) is 40.8 Å². The normalized spacial score (nSPS) is 23.3. The molecule has 2 aromatic heterocycles. The third kappa shape index (κ3) is 3.36. The van der Waals surface area contributed by atoms with E-state index in [9.17, 15) is 4.79 Å². The maximum atomic E-state index is 12.9. The summed E-state index contributed by atoms with van der Waals surface area (Å²) in [6.45, 7) is 3.37. The van der Waals surface area contributed by atoms with Gasteiger partial charge in [0.15, 0.2) is 5.69 Å². The lowest BCUT2D eigenvalue weighted by Gasteiger charge is -2.32. The van der Waals surface area contributed by atoms with Gasteiger partial charge in [-0.3, -0.25) is 4.79 Å². The van der Waals surface area contributed by atoms with Gasteiger partial charge in [0, 0.05) is 68.0 Å². The first-order valence-corrected chi connectivity index (χ1v) is 9.96. The molecule has 0 radical (unpaired) electrons. The van der Waals surface area contributed by atoms with E-state index in [1.54, 1.807) is 0 Å². The Morgan fingerprint density at radius 1 is 1.22 bits per heavy atom. The van der Waals surface area contributed by atoms with Crippen molar-refractivity contribution in [1.29, 1.82) is 0 Å². The van der Waals surface area contributed by atoms with Gasteiger partial charge in [0.05, 0.1) is 0 Å². The van der Waals surface area contributed by atoms with Gasteiger partial charge in [-0.1, -0.05) is 5.16 Å². The van der Waals surface area contributed by atoms with Gasteiger partial charge in [0.25, 0.3) is 5.91 Å². The summed E-state index contributed by atoms with van der Waals surface area (Å²) in [6, 6.07) is 1.83. The fourth-order valence-electron chi connectivity index (χ4n) is 4.15. The molecule has 2 aliphatic heterocycles. The Hall–Kier alpha value is -2.28. The Morgan fingerprint density at radius 3 is 2.96 bits per heavy atom. The Kier molecular flexibility index (Phi) is 4.19. The van der Waals surface area contributed by atoms with Crippen LogP contribution in [-0.2, 0) is 13.0 Å². The zero-order chi connectivity index (χ0) is 18.4. The molecule has 0 N–H and O–H groups in total. The molecule has 4 heterocycles. The van der Waals surface area contributed by atoms with E-state index in [4.69, 9.17) is 9.51 Å². The Morgan fingerprint density at radius 2 is 2.11 bits per heavy atom. The maximum Gasteiger partial charge on any atom is 0.276 e. The van der Waals surface area contributed by atoms with Crippen LogP contribution in [0.4, 0.5) is 0 Å². The second-order valence-corrected chi connectivity index (χ2v) is 8.17. The summed E-state index contributed by atoms with van der Waals surface area (Å²) in [5.41, 5.74) is 2.84. The smallest absolute Gasteiger partial charge is 0.276 e. The number of likely N-dealkylation sites (N-methyl/N-ethyl adjacent to an activating group) is 1. The van der Waals surface area contributed by atoms with Gasteiger partial charge in [-0.2, -0.15) is 0 Å². The van der Waals surface area contributed by atoms with Crippen molar-refractivity contribution in [2.75, 3.05) is 26.7 Å². The molecule has 1 saturated heterocycles. The molecule has 142 valence electrons. The van der Waals surface area contributed by atoms with E-state index in [-0.39, 0.29) is 11.8 Å². The van der Waals surface area contributed by atoms with Crippen LogP contribution < -0.4 is 0 Å². The summed E-state index contributed by atoms with van der Waals surface area (Å²) in [7, 11) is 2.13. The molecular weight excluding hydrogens is 342 g/mol. The minimum Gasteiger partial charge on any atom is -0.360 e. The number of rotatable bonds is 3. The summed E-state index contributed by atoms with van der Waals surface area (Å²) >= 11 is 0. The van der Waals surface area contributed by atoms with Gasteiger partial charge in [-0.05, 0) is 32.7 Å². The van der Waals surface area contributed by atoms with Crippen molar-refractivity contribution >= 4 is 5.91 Å². The maximum absolute atomic E-state index is 12.9. The van der Waals surface area contributed by atoms with E-state index in [2.05, 4.69) is 22.1 Å². The number of piperidine rings is 1. The van der Waals surface area contributed by atoms with Crippen LogP contribution in [0, 0.1) is 0 Å². The number of carbonyl (C=O) groups excluding carboxylic acids is 1. The standard InChI is InChI=1S/C20H25N5O2/c1-24-8-6-16-15(11-24)10-21-19(22-16)14-3-2-7-25(12-14)20(26)17-9-18(27-23-17)13-4-5-13/h9-10,13-14H,2-8,11-12H2,1H3/t14-/m0/s1. The number of amides is 1. The molecule has 0 unspecified atom stereocenters. The molecule has 2 aromatic rings. The number of carbonyl (C=O) groups is 1. The molecule has 27 heavy (non-hydrogen) atoms. The van der Waals surface area contributed by atoms with E-state index in [0.29, 0.717) is 18.2 Å². The van der Waals surface area contributed by atoms with Crippen LogP contribution >= 0.6 is 0 Å². The molecule has 1 amide bonds. The largest absolute Gasteiger partial charge is 0.360 e. The van der Waals surface area contributed by atoms with Gasteiger partial charge in [0.1, 0.15) is 11.6 Å². The van der Waals surface area contributed by atoms with Crippen LogP contribution in [0.3, 0.4) is 0 Å². The lowest BCUT2D eigenvalue weighted by molar-refractivity contribution is 0.0693. The molecule has 0 spiro atoms. The Bertz CT molecular complexity index is 860. The molecule has 7 nitrogen and oxygen atoms in total. The number of likely N-dealkylation sites (tertiary alicyclic amines) is 1. The van der Waals surface area contributed by atoms with E-state index in [0.717, 1.165) is 63.3 Å². The molecule has 0 bridgehead atoms. The predicted octanol–water partition coefficient (Wildman–Crippen LogP) is 2.35. The fraction of sp³-hybridized carbons (Fsp3) is 0.600. The van der Waals surface area contributed by atoms with Crippen LogP contribution in [0.1, 0.15) is 70.8 Å². The van der Waals surface area contributed by atoms with E-state index < -0.39 is 0 Å². The highest BCUT2D eigenvalue weighted by atomic mass is 16.5. The van der Waals surface area contributed by atoms with Crippen LogP contribution in [0.15, 0.2) is 16.8 Å². The third-order valence-electron chi connectivity index (χ3n) is 5.94. The summed E-state index contributed by atoms with van der Waals surface area (Å²) in [5, 5.41) is 4.01. The second-order valence-electron chi connectivity index (χ2n) is 8.17. The summed E-state index contributed by atoms with van der Waals surface area (Å²) < 4.78 is 5.36. The zero-order valence-electron chi connectivity index (χ0n) is 15.7. The van der Waals surface area contributed by atoms with Crippen LogP contribution in [0.2, 0.25) is 0 Å². The number of hydrogen-bond acceptors (Lipinski definition) is 6. The highest BCUT2D eigenvalue weighted by molar-refractivity contribution is 5.92. The molecule has 2 fully saturated rings. The number of hydrogen-bond donors (Lipinski definition) is 0. The molecule has 5 rings (SSSR count). The van der Waals surface area contributed by atoms with E-state index >= 15 is 0 Å². The number of nitrogens with zero attached hydrogens (tertiary/aromatic N) is 5. The van der Waals surface area contributed by atoms with Gasteiger partial charge < -0.3 is 14.3 Å². The molecule has 1 aliphatic carbocycles. The van der Waals surface area contributed by atoms with Gasteiger partial charge in [-0.25, -0.2) is 9.97 Å². The first-order valence-electron chi connectivity index (χ1n) is 9.96. The first kappa shape index (κ1) is 16.9. The van der Waals surface area contributed by atoms with E-state index in [1.807, 2.05) is 17.2 Å². The highest BCUT2D eigenvalue weighted by Gasteiger charge is 2.32. The van der Waals surface area contributed by atoms with Crippen molar-refractivity contribution in [3.8, 4) is 0 Å². The van der Waals surface area contributed by atoms with Crippen molar-refractivity contribution in [3.63, 3.8) is 0 Å². The molecule has 1 atom stereocenters. The molecule has 1 saturated carbocycles. The summed E-state index contributed by atoms with van der Waals surface area (Å²) in [6.07, 6.45) is 7.22. The molecule has 7 heteroatoms. The summed E-state index contributed by atoms with van der Waals surface area (Å²) in [4.78, 5) is 26.5. The number of aromatic nitrogens is 3. The zero-order valence-corrected chi connectivity index (χ0v) is 15.7. The predicted molar refractivity (Wildman–Crippen MR) is 98.4 cm³/mol. The minimum atomic E-state index is -0.0325. The van der Waals surface area contributed by atoms with Crippen molar-refractivity contribution in [2.45, 2.75) is 50.5 Å². The molecule has 0 aromatic carbocycles. The highest BCUT2D eigenvalue weighted by Crippen LogP contribution is 2.40. The Labute approximate surface area is 158 Å². The van der Waals surface area contributed by atoms with Crippen molar-refractivity contribution < 1.29 is 9.32 Å². The quantitative estimate of drug-likeness (QED) is 0.829. The number of fused-ring (bicyclic) bond motifs is 1. The topological polar surface area (TPSA) is 75.4 Å². The minimum absolute atomic E-state index is 0.0325.